The molecule has 2 saturated heterocycles. The monoisotopic (exact) mass is 742 g/mol. The second kappa shape index (κ2) is 16.0. The van der Waals surface area contributed by atoms with E-state index in [0.29, 0.717) is 50.9 Å². The molecule has 14 nitrogen and oxygen atoms in total. The number of nitrogens with zero attached hydrogens (tertiary/aromatic N) is 6. The molecule has 2 N–H and O–H groups in total. The Labute approximate surface area is 311 Å². The van der Waals surface area contributed by atoms with Crippen LogP contribution in [0.3, 0.4) is 0 Å². The second-order valence-electron chi connectivity index (χ2n) is 15.7. The van der Waals surface area contributed by atoms with Gasteiger partial charge in [0.2, 0.25) is 5.91 Å². The number of hydrogen-bond donors (Lipinski definition) is 2. The molecule has 2 aliphatic rings. The molecule has 15 heteroatoms. The van der Waals surface area contributed by atoms with E-state index in [4.69, 9.17) is 19.2 Å². The van der Waals surface area contributed by atoms with Gasteiger partial charge in [-0.1, -0.05) is 31.8 Å². The number of carbonyl (C=O) groups is 3. The van der Waals surface area contributed by atoms with Crippen LogP contribution in [0.25, 0.3) is 22.3 Å². The second-order valence-corrected chi connectivity index (χ2v) is 21.3. The number of carbonyl (C=O) groups excluding carboxylic acids is 3. The highest BCUT2D eigenvalue weighted by Crippen LogP contribution is 2.33. The van der Waals surface area contributed by atoms with Gasteiger partial charge in [-0.15, -0.1) is 0 Å². The van der Waals surface area contributed by atoms with Crippen molar-refractivity contribution in [3.05, 3.63) is 60.7 Å². The van der Waals surface area contributed by atoms with Gasteiger partial charge in [0.05, 0.1) is 42.2 Å². The molecule has 0 bridgehead atoms. The van der Waals surface area contributed by atoms with Crippen LogP contribution in [0.1, 0.15) is 37.7 Å². The highest BCUT2D eigenvalue weighted by molar-refractivity contribution is 6.76. The number of fused-ring (bicyclic) bond motifs is 1. The summed E-state index contributed by atoms with van der Waals surface area (Å²) in [5, 5.41) is 5.77. The van der Waals surface area contributed by atoms with E-state index in [0.717, 1.165) is 47.2 Å². The third kappa shape index (κ3) is 9.77. The van der Waals surface area contributed by atoms with Gasteiger partial charge in [-0.2, -0.15) is 0 Å². The quantitative estimate of drug-likeness (QED) is 0.136. The van der Waals surface area contributed by atoms with Crippen molar-refractivity contribution in [2.45, 2.75) is 65.2 Å². The zero-order chi connectivity index (χ0) is 37.8. The first-order valence-corrected chi connectivity index (χ1v) is 21.9. The maximum Gasteiger partial charge on any atom is 0.410 e. The number of morpholine rings is 1. The summed E-state index contributed by atoms with van der Waals surface area (Å²) < 4.78 is 19.4. The number of benzene rings is 1. The number of nitrogens with one attached hydrogen (secondary N) is 2. The van der Waals surface area contributed by atoms with Crippen molar-refractivity contribution in [1.82, 2.24) is 24.4 Å². The summed E-state index contributed by atoms with van der Waals surface area (Å²) in [7, 11) is -1.27. The van der Waals surface area contributed by atoms with Crippen molar-refractivity contribution in [2.75, 3.05) is 61.5 Å². The summed E-state index contributed by atoms with van der Waals surface area (Å²) >= 11 is 0. The van der Waals surface area contributed by atoms with Crippen LogP contribution in [0, 0.1) is 5.92 Å². The summed E-state index contributed by atoms with van der Waals surface area (Å²) in [4.78, 5) is 55.8. The molecule has 1 atom stereocenters. The Kier molecular flexibility index (Phi) is 11.5. The minimum absolute atomic E-state index is 0.203. The van der Waals surface area contributed by atoms with E-state index in [1.54, 1.807) is 23.4 Å². The van der Waals surface area contributed by atoms with Crippen molar-refractivity contribution in [3.63, 3.8) is 0 Å². The summed E-state index contributed by atoms with van der Waals surface area (Å²) in [5.41, 5.74) is 4.31. The largest absolute Gasteiger partial charge is 0.444 e. The van der Waals surface area contributed by atoms with E-state index in [-0.39, 0.29) is 30.0 Å². The SMILES string of the molecule is CC(C)(C)OC(=O)N1CC[C@H](C(=O)Nc2ccc(C(=O)Nc3ccc(-c4cc5ncnc(N6CCOCC6)c5n4COCC[Si](C)(C)C)cc3)nc2)C1. The van der Waals surface area contributed by atoms with Gasteiger partial charge >= 0.3 is 6.09 Å². The minimum Gasteiger partial charge on any atom is -0.444 e. The molecule has 4 aromatic rings. The van der Waals surface area contributed by atoms with Gasteiger partial charge in [-0.3, -0.25) is 9.59 Å². The Bertz CT molecular complexity index is 1910. The number of anilines is 3. The van der Waals surface area contributed by atoms with Crippen LogP contribution in [0.4, 0.5) is 22.0 Å². The Morgan fingerprint density at radius 3 is 2.36 bits per heavy atom. The number of rotatable bonds is 11. The van der Waals surface area contributed by atoms with Gasteiger partial charge in [-0.05, 0) is 69.1 Å². The number of ether oxygens (including phenoxy) is 3. The third-order valence-electron chi connectivity index (χ3n) is 9.11. The Balaban J connectivity index is 1.11. The van der Waals surface area contributed by atoms with Crippen LogP contribution in [0.15, 0.2) is 55.0 Å². The smallest absolute Gasteiger partial charge is 0.410 e. The third-order valence-corrected chi connectivity index (χ3v) is 10.8. The predicted molar refractivity (Wildman–Crippen MR) is 207 cm³/mol. The lowest BCUT2D eigenvalue weighted by molar-refractivity contribution is -0.119. The van der Waals surface area contributed by atoms with Crippen LogP contribution < -0.4 is 15.5 Å². The summed E-state index contributed by atoms with van der Waals surface area (Å²) in [6.45, 7) is 17.0. The summed E-state index contributed by atoms with van der Waals surface area (Å²) in [5.74, 6) is -0.0907. The molecule has 0 radical (unpaired) electrons. The first kappa shape index (κ1) is 37.9. The van der Waals surface area contributed by atoms with E-state index >= 15 is 0 Å². The van der Waals surface area contributed by atoms with Gasteiger partial charge in [-0.25, -0.2) is 19.7 Å². The molecule has 6 rings (SSSR count). The van der Waals surface area contributed by atoms with Crippen LogP contribution in [0.2, 0.25) is 25.7 Å². The Morgan fingerprint density at radius 1 is 0.943 bits per heavy atom. The molecular weight excluding hydrogens is 693 g/mol. The number of amides is 3. The summed E-state index contributed by atoms with van der Waals surface area (Å²) in [6, 6.07) is 14.0. The molecule has 0 aliphatic carbocycles. The van der Waals surface area contributed by atoms with Crippen molar-refractivity contribution in [3.8, 4) is 11.3 Å². The van der Waals surface area contributed by atoms with Crippen molar-refractivity contribution >= 4 is 54.2 Å². The van der Waals surface area contributed by atoms with Gasteiger partial charge in [0.1, 0.15) is 29.9 Å². The Hall–Kier alpha value is -4.86. The molecule has 5 heterocycles. The zero-order valence-electron chi connectivity index (χ0n) is 31.5. The fraction of sp³-hybridized carbons (Fsp3) is 0.474. The minimum atomic E-state index is -1.27. The molecule has 282 valence electrons. The van der Waals surface area contributed by atoms with E-state index < -0.39 is 19.8 Å². The molecule has 1 aromatic carbocycles. The number of hydrogen-bond acceptors (Lipinski definition) is 10. The maximum absolute atomic E-state index is 13.1. The van der Waals surface area contributed by atoms with E-state index in [1.807, 2.05) is 45.0 Å². The highest BCUT2D eigenvalue weighted by atomic mass is 28.3. The fourth-order valence-corrected chi connectivity index (χ4v) is 6.98. The Morgan fingerprint density at radius 2 is 1.68 bits per heavy atom. The standard InChI is InChI=1S/C38H50N8O6Si/c1-38(2,3)52-37(49)45-14-13-27(23-45)35(47)43-29-11-12-30(39-22-29)36(48)42-28-9-7-26(8-10-28)32-21-31-33(46(32)25-51-19-20-53(4,5)6)34(41-24-40-31)44-15-17-50-18-16-44/h7-12,21-22,24,27H,13-20,23,25H2,1-6H3,(H,42,48)(H,43,47)/t27-/m0/s1. The average Bonchev–Trinajstić information content (AvgIpc) is 3.76. The van der Waals surface area contributed by atoms with Crippen molar-refractivity contribution in [2.24, 2.45) is 5.92 Å². The topological polar surface area (TPSA) is 153 Å². The fourth-order valence-electron chi connectivity index (χ4n) is 6.22. The summed E-state index contributed by atoms with van der Waals surface area (Å²) in [6.07, 6.45) is 3.18. The van der Waals surface area contributed by atoms with Gasteiger partial charge < -0.3 is 39.2 Å². The van der Waals surface area contributed by atoms with Crippen molar-refractivity contribution < 1.29 is 28.6 Å². The molecule has 0 spiro atoms. The predicted octanol–water partition coefficient (Wildman–Crippen LogP) is 6.09. The van der Waals surface area contributed by atoms with Gasteiger partial charge in [0, 0.05) is 46.5 Å². The van der Waals surface area contributed by atoms with Crippen LogP contribution >= 0.6 is 0 Å². The van der Waals surface area contributed by atoms with Crippen molar-refractivity contribution in [1.29, 1.82) is 0 Å². The molecule has 3 amide bonds. The lowest BCUT2D eigenvalue weighted by Gasteiger charge is -2.28. The number of pyridine rings is 1. The van der Waals surface area contributed by atoms with Crippen LogP contribution in [-0.2, 0) is 25.7 Å². The maximum atomic E-state index is 13.1. The van der Waals surface area contributed by atoms with Gasteiger partial charge in [0.25, 0.3) is 5.91 Å². The van der Waals surface area contributed by atoms with E-state index in [1.165, 1.54) is 6.20 Å². The van der Waals surface area contributed by atoms with Crippen LogP contribution in [-0.4, -0.2) is 102 Å². The van der Waals surface area contributed by atoms with Crippen LogP contribution in [0.5, 0.6) is 0 Å². The highest BCUT2D eigenvalue weighted by Gasteiger charge is 2.33. The molecule has 0 saturated carbocycles. The van der Waals surface area contributed by atoms with E-state index in [9.17, 15) is 14.4 Å². The zero-order valence-corrected chi connectivity index (χ0v) is 32.5. The van der Waals surface area contributed by atoms with E-state index in [2.05, 4.69) is 55.8 Å². The molecule has 53 heavy (non-hydrogen) atoms. The average molecular weight is 743 g/mol. The lowest BCUT2D eigenvalue weighted by Crippen LogP contribution is -2.37. The first-order valence-electron chi connectivity index (χ1n) is 18.2. The normalized spacial score (nSPS) is 16.5. The number of aromatic nitrogens is 4. The first-order chi connectivity index (χ1) is 25.2. The molecule has 2 fully saturated rings. The van der Waals surface area contributed by atoms with Gasteiger partial charge in [0.15, 0.2) is 5.82 Å². The molecular formula is C38H50N8O6Si. The molecule has 3 aromatic heterocycles. The number of likely N-dealkylation sites (tertiary alicyclic amines) is 1. The molecule has 2 aliphatic heterocycles. The lowest BCUT2D eigenvalue weighted by atomic mass is 10.1. The molecule has 0 unspecified atom stereocenters.